The van der Waals surface area contributed by atoms with Gasteiger partial charge in [-0.05, 0) is 48.7 Å². The van der Waals surface area contributed by atoms with Crippen molar-refractivity contribution in [3.05, 3.63) is 64.7 Å². The third-order valence-electron chi connectivity index (χ3n) is 4.37. The molecule has 0 aromatic heterocycles. The number of sulfonamides is 1. The quantitative estimate of drug-likeness (QED) is 0.561. The highest BCUT2D eigenvalue weighted by molar-refractivity contribution is 7.89. The Hall–Kier alpha value is -2.42. The molecule has 0 heterocycles. The lowest BCUT2D eigenvalue weighted by Gasteiger charge is -2.09. The lowest BCUT2D eigenvalue weighted by Crippen LogP contribution is -2.30. The van der Waals surface area contributed by atoms with Gasteiger partial charge in [0.05, 0.1) is 4.90 Å². The van der Waals surface area contributed by atoms with Gasteiger partial charge in [0.2, 0.25) is 15.9 Å². The van der Waals surface area contributed by atoms with Crippen LogP contribution in [0, 0.1) is 0 Å². The first-order valence-electron chi connectivity index (χ1n) is 9.25. The van der Waals surface area contributed by atoms with Gasteiger partial charge in [0.1, 0.15) is 0 Å². The number of carbonyl (C=O) groups is 2. The smallest absolute Gasteiger partial charge is 0.251 e. The highest BCUT2D eigenvalue weighted by Gasteiger charge is 2.23. The van der Waals surface area contributed by atoms with Crippen LogP contribution in [0.5, 0.6) is 0 Å². The highest BCUT2D eigenvalue weighted by Crippen LogP contribution is 2.19. The molecule has 1 saturated carbocycles. The Morgan fingerprint density at radius 2 is 1.79 bits per heavy atom. The second kappa shape index (κ2) is 9.39. The molecule has 2 amide bonds. The third-order valence-corrected chi connectivity index (χ3v) is 6.06. The molecule has 1 fully saturated rings. The molecule has 2 aromatic carbocycles. The Labute approximate surface area is 174 Å². The summed E-state index contributed by atoms with van der Waals surface area (Å²) in [5.41, 5.74) is 1.43. The van der Waals surface area contributed by atoms with Crippen LogP contribution in [0.3, 0.4) is 0 Å². The molecule has 0 bridgehead atoms. The van der Waals surface area contributed by atoms with E-state index in [4.69, 9.17) is 11.6 Å². The Bertz CT molecular complexity index is 989. The first kappa shape index (κ1) is 21.3. The number of hydrogen-bond acceptors (Lipinski definition) is 4. The summed E-state index contributed by atoms with van der Waals surface area (Å²) in [5, 5.41) is 5.97. The molecule has 2 aromatic rings. The van der Waals surface area contributed by atoms with Crippen LogP contribution in [-0.4, -0.2) is 32.8 Å². The van der Waals surface area contributed by atoms with Crippen LogP contribution >= 0.6 is 11.6 Å². The van der Waals surface area contributed by atoms with Crippen LogP contribution in [0.1, 0.15) is 35.2 Å². The molecule has 1 aliphatic carbocycles. The summed E-state index contributed by atoms with van der Waals surface area (Å²) in [4.78, 5) is 24.0. The van der Waals surface area contributed by atoms with E-state index in [1.807, 2.05) is 0 Å². The molecule has 3 rings (SSSR count). The Morgan fingerprint density at radius 3 is 2.45 bits per heavy atom. The molecule has 1 aliphatic rings. The van der Waals surface area contributed by atoms with E-state index >= 15 is 0 Å². The molecule has 7 nitrogen and oxygen atoms in total. The summed E-state index contributed by atoms with van der Waals surface area (Å²) in [5.74, 6) is -0.371. The molecule has 0 radical (unpaired) electrons. The predicted octanol–water partition coefficient (Wildman–Crippen LogP) is 2.22. The zero-order valence-electron chi connectivity index (χ0n) is 15.7. The van der Waals surface area contributed by atoms with Crippen molar-refractivity contribution in [1.29, 1.82) is 0 Å². The van der Waals surface area contributed by atoms with Crippen LogP contribution in [-0.2, 0) is 21.4 Å². The molecule has 0 saturated heterocycles. The van der Waals surface area contributed by atoms with Crippen molar-refractivity contribution in [2.45, 2.75) is 36.7 Å². The fourth-order valence-corrected chi connectivity index (χ4v) is 3.91. The van der Waals surface area contributed by atoms with Crippen LogP contribution in [0.25, 0.3) is 0 Å². The summed E-state index contributed by atoms with van der Waals surface area (Å²) >= 11 is 5.81. The molecule has 3 N–H and O–H groups in total. The van der Waals surface area contributed by atoms with Gasteiger partial charge in [0.25, 0.3) is 5.91 Å². The second-order valence-electron chi connectivity index (χ2n) is 6.83. The Morgan fingerprint density at radius 1 is 1.07 bits per heavy atom. The van der Waals surface area contributed by atoms with Gasteiger partial charge in [-0.25, -0.2) is 13.1 Å². The lowest BCUT2D eigenvalue weighted by molar-refractivity contribution is -0.121. The lowest BCUT2D eigenvalue weighted by atomic mass is 10.1. The van der Waals surface area contributed by atoms with E-state index < -0.39 is 10.0 Å². The van der Waals surface area contributed by atoms with Gasteiger partial charge in [-0.2, -0.15) is 0 Å². The topological polar surface area (TPSA) is 104 Å². The zero-order valence-corrected chi connectivity index (χ0v) is 17.2. The minimum absolute atomic E-state index is 0.00166. The maximum Gasteiger partial charge on any atom is 0.251 e. The average Bonchev–Trinajstić information content (AvgIpc) is 3.50. The van der Waals surface area contributed by atoms with Crippen LogP contribution in [0.2, 0.25) is 5.02 Å². The van der Waals surface area contributed by atoms with E-state index in [2.05, 4.69) is 15.4 Å². The molecule has 154 valence electrons. The van der Waals surface area contributed by atoms with E-state index in [0.29, 0.717) is 23.2 Å². The van der Waals surface area contributed by atoms with Crippen molar-refractivity contribution < 1.29 is 18.0 Å². The normalized spacial score (nSPS) is 13.7. The average molecular weight is 436 g/mol. The molecular weight excluding hydrogens is 414 g/mol. The highest BCUT2D eigenvalue weighted by atomic mass is 35.5. The third kappa shape index (κ3) is 6.56. The van der Waals surface area contributed by atoms with Gasteiger partial charge in [0.15, 0.2) is 0 Å². The summed E-state index contributed by atoms with van der Waals surface area (Å²) in [6, 6.07) is 13.2. The van der Waals surface area contributed by atoms with Gasteiger partial charge in [0, 0.05) is 36.1 Å². The molecule has 0 atom stereocenters. The number of rotatable bonds is 9. The minimum atomic E-state index is -3.72. The Kier molecular flexibility index (Phi) is 6.89. The van der Waals surface area contributed by atoms with Gasteiger partial charge in [-0.3, -0.25) is 9.59 Å². The zero-order chi connectivity index (χ0) is 20.9. The van der Waals surface area contributed by atoms with E-state index in [1.54, 1.807) is 36.4 Å². The van der Waals surface area contributed by atoms with Crippen LogP contribution in [0.4, 0.5) is 0 Å². The first-order chi connectivity index (χ1) is 13.8. The van der Waals surface area contributed by atoms with Crippen LogP contribution in [0.15, 0.2) is 53.4 Å². The molecule has 0 spiro atoms. The summed E-state index contributed by atoms with van der Waals surface area (Å²) < 4.78 is 26.7. The molecule has 29 heavy (non-hydrogen) atoms. The van der Waals surface area contributed by atoms with Gasteiger partial charge >= 0.3 is 0 Å². The number of carbonyl (C=O) groups excluding carboxylic acids is 2. The van der Waals surface area contributed by atoms with Gasteiger partial charge in [-0.15, -0.1) is 0 Å². The Balaban J connectivity index is 1.41. The SMILES string of the molecule is O=C(CCNS(=O)(=O)c1cccc(Cl)c1)NCc1ccc(C(=O)NC2CC2)cc1. The van der Waals surface area contributed by atoms with Crippen molar-refractivity contribution in [3.63, 3.8) is 0 Å². The van der Waals surface area contributed by atoms with Crippen molar-refractivity contribution in [1.82, 2.24) is 15.4 Å². The number of benzene rings is 2. The number of halogens is 1. The van der Waals surface area contributed by atoms with Crippen molar-refractivity contribution in [2.24, 2.45) is 0 Å². The van der Waals surface area contributed by atoms with E-state index in [0.717, 1.165) is 18.4 Å². The van der Waals surface area contributed by atoms with E-state index in [1.165, 1.54) is 12.1 Å². The minimum Gasteiger partial charge on any atom is -0.352 e. The second-order valence-corrected chi connectivity index (χ2v) is 9.03. The molecule has 0 aliphatic heterocycles. The summed E-state index contributed by atoms with van der Waals surface area (Å²) in [6.45, 7) is 0.269. The molecule has 9 heteroatoms. The summed E-state index contributed by atoms with van der Waals surface area (Å²) in [6.07, 6.45) is 2.07. The fraction of sp³-hybridized carbons (Fsp3) is 0.300. The van der Waals surface area contributed by atoms with Gasteiger partial charge in [-0.1, -0.05) is 29.8 Å². The van der Waals surface area contributed by atoms with Crippen molar-refractivity contribution in [3.8, 4) is 0 Å². The van der Waals surface area contributed by atoms with Crippen LogP contribution < -0.4 is 15.4 Å². The monoisotopic (exact) mass is 435 g/mol. The maximum atomic E-state index is 12.2. The molecule has 0 unspecified atom stereocenters. The maximum absolute atomic E-state index is 12.2. The van der Waals surface area contributed by atoms with Crippen molar-refractivity contribution in [2.75, 3.05) is 6.54 Å². The standard InChI is InChI=1S/C20H22ClN3O4S/c21-16-2-1-3-18(12-16)29(27,28)23-11-10-19(25)22-13-14-4-6-15(7-5-14)20(26)24-17-8-9-17/h1-7,12,17,23H,8-11,13H2,(H,22,25)(H,24,26). The number of nitrogens with one attached hydrogen (secondary N) is 3. The van der Waals surface area contributed by atoms with E-state index in [-0.39, 0.29) is 29.7 Å². The van der Waals surface area contributed by atoms with Gasteiger partial charge < -0.3 is 10.6 Å². The number of amides is 2. The summed E-state index contributed by atoms with van der Waals surface area (Å²) in [7, 11) is -3.72. The molecular formula is C20H22ClN3O4S. The number of hydrogen-bond donors (Lipinski definition) is 3. The first-order valence-corrected chi connectivity index (χ1v) is 11.1. The predicted molar refractivity (Wildman–Crippen MR) is 110 cm³/mol. The fourth-order valence-electron chi connectivity index (χ4n) is 2.58. The van der Waals surface area contributed by atoms with E-state index in [9.17, 15) is 18.0 Å². The van der Waals surface area contributed by atoms with Crippen molar-refractivity contribution >= 4 is 33.4 Å². The largest absolute Gasteiger partial charge is 0.352 e.